The minimum Gasteiger partial charge on any atom is -0.478 e. The average Bonchev–Trinajstić information content (AvgIpc) is 3.04. The van der Waals surface area contributed by atoms with Crippen molar-refractivity contribution < 1.29 is 9.90 Å². The lowest BCUT2D eigenvalue weighted by Gasteiger charge is -2.03. The first kappa shape index (κ1) is 10.4. The zero-order chi connectivity index (χ0) is 12.2. The van der Waals surface area contributed by atoms with Gasteiger partial charge in [0.05, 0.1) is 27.3 Å². The van der Waals surface area contributed by atoms with Crippen LogP contribution in [-0.2, 0) is 0 Å². The summed E-state index contributed by atoms with van der Waals surface area (Å²) in [6.45, 7) is 0. The molecule has 17 heavy (non-hydrogen) atoms. The summed E-state index contributed by atoms with van der Waals surface area (Å²) in [6, 6.07) is 1.46. The maximum Gasteiger partial charge on any atom is 0.337 e. The van der Waals surface area contributed by atoms with Crippen LogP contribution in [-0.4, -0.2) is 21.0 Å². The standard InChI is InChI=1S/C11H10ClN3O2/c12-7-8(13)5(11(16)17)3-6-9(7)15-10(14-6)4-1-2-4/h3-4H,1-2,13H2,(H,14,15)(H,16,17). The number of carbonyl (C=O) groups is 1. The summed E-state index contributed by atoms with van der Waals surface area (Å²) in [5.41, 5.74) is 6.95. The quantitative estimate of drug-likeness (QED) is 0.715. The fraction of sp³-hybridized carbons (Fsp3) is 0.273. The van der Waals surface area contributed by atoms with Crippen molar-refractivity contribution in [2.75, 3.05) is 5.73 Å². The molecule has 3 rings (SSSR count). The van der Waals surface area contributed by atoms with Crippen LogP contribution >= 0.6 is 11.6 Å². The van der Waals surface area contributed by atoms with Crippen LogP contribution in [0.15, 0.2) is 6.07 Å². The molecule has 1 saturated carbocycles. The summed E-state index contributed by atoms with van der Waals surface area (Å²) >= 11 is 6.05. The maximum absolute atomic E-state index is 11.0. The highest BCUT2D eigenvalue weighted by atomic mass is 35.5. The van der Waals surface area contributed by atoms with Crippen molar-refractivity contribution in [3.63, 3.8) is 0 Å². The highest BCUT2D eigenvalue weighted by Gasteiger charge is 2.28. The number of anilines is 1. The molecule has 4 N–H and O–H groups in total. The van der Waals surface area contributed by atoms with Gasteiger partial charge in [-0.1, -0.05) is 11.6 Å². The topological polar surface area (TPSA) is 92.0 Å². The highest BCUT2D eigenvalue weighted by molar-refractivity contribution is 6.38. The van der Waals surface area contributed by atoms with Crippen LogP contribution in [0.2, 0.25) is 5.02 Å². The number of hydrogen-bond donors (Lipinski definition) is 3. The molecule has 0 saturated heterocycles. The summed E-state index contributed by atoms with van der Waals surface area (Å²) in [5.74, 6) is 0.221. The number of fused-ring (bicyclic) bond motifs is 1. The molecule has 88 valence electrons. The normalized spacial score (nSPS) is 15.4. The number of nitrogens with zero attached hydrogens (tertiary/aromatic N) is 1. The van der Waals surface area contributed by atoms with Crippen molar-refractivity contribution in [1.29, 1.82) is 0 Å². The van der Waals surface area contributed by atoms with Gasteiger partial charge in [-0.3, -0.25) is 0 Å². The van der Waals surface area contributed by atoms with Gasteiger partial charge in [0.2, 0.25) is 0 Å². The molecule has 1 aromatic heterocycles. The number of aromatic amines is 1. The molecule has 0 atom stereocenters. The number of carboxylic acids is 1. The van der Waals surface area contributed by atoms with Gasteiger partial charge in [-0.05, 0) is 18.9 Å². The van der Waals surface area contributed by atoms with E-state index in [9.17, 15) is 4.79 Å². The second-order valence-electron chi connectivity index (χ2n) is 4.25. The molecule has 0 radical (unpaired) electrons. The number of H-pyrrole nitrogens is 1. The molecule has 5 nitrogen and oxygen atoms in total. The van der Waals surface area contributed by atoms with Crippen molar-refractivity contribution in [2.45, 2.75) is 18.8 Å². The van der Waals surface area contributed by atoms with Crippen molar-refractivity contribution in [3.8, 4) is 0 Å². The largest absolute Gasteiger partial charge is 0.478 e. The smallest absolute Gasteiger partial charge is 0.337 e. The molecule has 0 unspecified atom stereocenters. The second kappa shape index (κ2) is 3.37. The number of carboxylic acid groups (broad SMARTS) is 1. The monoisotopic (exact) mass is 251 g/mol. The molecule has 0 bridgehead atoms. The molecular formula is C11H10ClN3O2. The molecule has 1 aromatic carbocycles. The Bertz CT molecular complexity index is 631. The number of aromatic carboxylic acids is 1. The van der Waals surface area contributed by atoms with E-state index in [1.807, 2.05) is 0 Å². The van der Waals surface area contributed by atoms with Gasteiger partial charge >= 0.3 is 5.97 Å². The van der Waals surface area contributed by atoms with Gasteiger partial charge < -0.3 is 15.8 Å². The average molecular weight is 252 g/mol. The predicted molar refractivity (Wildman–Crippen MR) is 64.5 cm³/mol. The van der Waals surface area contributed by atoms with E-state index in [1.165, 1.54) is 6.07 Å². The van der Waals surface area contributed by atoms with Gasteiger partial charge in [-0.25, -0.2) is 9.78 Å². The van der Waals surface area contributed by atoms with E-state index >= 15 is 0 Å². The van der Waals surface area contributed by atoms with Gasteiger partial charge in [0.15, 0.2) is 0 Å². The number of imidazole rings is 1. The Morgan fingerprint density at radius 1 is 1.59 bits per heavy atom. The molecule has 2 aromatic rings. The van der Waals surface area contributed by atoms with E-state index in [0.717, 1.165) is 18.7 Å². The van der Waals surface area contributed by atoms with Crippen LogP contribution in [0.3, 0.4) is 0 Å². The van der Waals surface area contributed by atoms with E-state index in [1.54, 1.807) is 0 Å². The van der Waals surface area contributed by atoms with E-state index in [4.69, 9.17) is 22.4 Å². The van der Waals surface area contributed by atoms with Gasteiger partial charge in [0.1, 0.15) is 5.82 Å². The van der Waals surface area contributed by atoms with Crippen LogP contribution in [0, 0.1) is 0 Å². The number of nitrogen functional groups attached to an aromatic ring is 1. The van der Waals surface area contributed by atoms with E-state index in [0.29, 0.717) is 17.0 Å². The second-order valence-corrected chi connectivity index (χ2v) is 4.63. The molecule has 0 spiro atoms. The summed E-state index contributed by atoms with van der Waals surface area (Å²) < 4.78 is 0. The first-order valence-electron chi connectivity index (χ1n) is 5.29. The molecule has 0 amide bonds. The SMILES string of the molecule is Nc1c(C(=O)O)cc2nc(C3CC3)[nH]c2c1Cl. The summed E-state index contributed by atoms with van der Waals surface area (Å²) in [6.07, 6.45) is 2.22. The third-order valence-electron chi connectivity index (χ3n) is 2.97. The third kappa shape index (κ3) is 1.54. The van der Waals surface area contributed by atoms with Gasteiger partial charge in [0.25, 0.3) is 0 Å². The molecule has 6 heteroatoms. The number of nitrogens with two attached hydrogens (primary N) is 1. The number of aromatic nitrogens is 2. The lowest BCUT2D eigenvalue weighted by molar-refractivity contribution is 0.0698. The maximum atomic E-state index is 11.0. The number of halogens is 1. The Hall–Kier alpha value is -1.75. The molecule has 1 aliphatic carbocycles. The fourth-order valence-electron chi connectivity index (χ4n) is 1.87. The predicted octanol–water partition coefficient (Wildman–Crippen LogP) is 2.37. The van der Waals surface area contributed by atoms with E-state index in [-0.39, 0.29) is 16.3 Å². The molecule has 1 fully saturated rings. The summed E-state index contributed by atoms with van der Waals surface area (Å²) in [5, 5.41) is 9.24. The van der Waals surface area contributed by atoms with E-state index < -0.39 is 5.97 Å². The Kier molecular flexibility index (Phi) is 2.06. The summed E-state index contributed by atoms with van der Waals surface area (Å²) in [7, 11) is 0. The van der Waals surface area contributed by atoms with Crippen LogP contribution in [0.1, 0.15) is 34.9 Å². The van der Waals surface area contributed by atoms with E-state index in [2.05, 4.69) is 9.97 Å². The highest BCUT2D eigenvalue weighted by Crippen LogP contribution is 2.40. The van der Waals surface area contributed by atoms with Gasteiger partial charge in [-0.2, -0.15) is 0 Å². The van der Waals surface area contributed by atoms with Gasteiger partial charge in [-0.15, -0.1) is 0 Å². The number of benzene rings is 1. The minimum absolute atomic E-state index is 0.00338. The lowest BCUT2D eigenvalue weighted by atomic mass is 10.1. The molecule has 1 aliphatic rings. The number of rotatable bonds is 2. The molecule has 0 aliphatic heterocycles. The first-order chi connectivity index (χ1) is 8.08. The molecular weight excluding hydrogens is 242 g/mol. The fourth-order valence-corrected chi connectivity index (χ4v) is 2.12. The van der Waals surface area contributed by atoms with Crippen LogP contribution in [0.5, 0.6) is 0 Å². The number of hydrogen-bond acceptors (Lipinski definition) is 3. The van der Waals surface area contributed by atoms with Crippen molar-refractivity contribution >= 4 is 34.3 Å². The zero-order valence-electron chi connectivity index (χ0n) is 8.83. The Morgan fingerprint density at radius 3 is 2.88 bits per heavy atom. The van der Waals surface area contributed by atoms with Crippen LogP contribution < -0.4 is 5.73 Å². The van der Waals surface area contributed by atoms with Gasteiger partial charge in [0, 0.05) is 5.92 Å². The Balaban J connectivity index is 2.27. The minimum atomic E-state index is -1.10. The Morgan fingerprint density at radius 2 is 2.29 bits per heavy atom. The first-order valence-corrected chi connectivity index (χ1v) is 5.66. The third-order valence-corrected chi connectivity index (χ3v) is 3.36. The lowest BCUT2D eigenvalue weighted by Crippen LogP contribution is -2.03. The molecule has 1 heterocycles. The van der Waals surface area contributed by atoms with Crippen molar-refractivity contribution in [2.24, 2.45) is 0 Å². The zero-order valence-corrected chi connectivity index (χ0v) is 9.58. The van der Waals surface area contributed by atoms with Crippen LogP contribution in [0.25, 0.3) is 11.0 Å². The number of nitrogens with one attached hydrogen (secondary N) is 1. The summed E-state index contributed by atoms with van der Waals surface area (Å²) in [4.78, 5) is 18.5. The van der Waals surface area contributed by atoms with Crippen LogP contribution in [0.4, 0.5) is 5.69 Å². The Labute approximate surface area is 102 Å². The van der Waals surface area contributed by atoms with Crippen molar-refractivity contribution in [1.82, 2.24) is 9.97 Å². The van der Waals surface area contributed by atoms with Crippen molar-refractivity contribution in [3.05, 3.63) is 22.5 Å².